The largest absolute Gasteiger partial charge is 0.493 e. The molecule has 0 aliphatic carbocycles. The molecule has 5 heteroatoms. The number of piperidine rings is 1. The van der Waals surface area contributed by atoms with Gasteiger partial charge in [-0.05, 0) is 62.8 Å². The van der Waals surface area contributed by atoms with Crippen LogP contribution < -0.4 is 9.47 Å². The Morgan fingerprint density at radius 3 is 2.38 bits per heavy atom. The smallest absolute Gasteiger partial charge is 0.263 e. The van der Waals surface area contributed by atoms with Gasteiger partial charge in [-0.25, -0.2) is 0 Å². The summed E-state index contributed by atoms with van der Waals surface area (Å²) >= 11 is 0. The predicted molar refractivity (Wildman–Crippen MR) is 113 cm³/mol. The van der Waals surface area contributed by atoms with Crippen LogP contribution in [0.4, 0.5) is 0 Å². The van der Waals surface area contributed by atoms with E-state index in [0.29, 0.717) is 23.0 Å². The van der Waals surface area contributed by atoms with Crippen molar-refractivity contribution in [3.8, 4) is 11.5 Å². The number of benzene rings is 2. The summed E-state index contributed by atoms with van der Waals surface area (Å²) in [4.78, 5) is 26.3. The van der Waals surface area contributed by atoms with E-state index in [1.807, 2.05) is 11.0 Å². The number of hydrogen-bond acceptors (Lipinski definition) is 4. The lowest BCUT2D eigenvalue weighted by molar-refractivity contribution is -0.139. The Morgan fingerprint density at radius 1 is 1.07 bits per heavy atom. The van der Waals surface area contributed by atoms with Crippen LogP contribution in [0.5, 0.6) is 11.5 Å². The van der Waals surface area contributed by atoms with Crippen molar-refractivity contribution in [1.29, 1.82) is 0 Å². The number of rotatable bonds is 7. The number of carbonyl (C=O) groups is 2. The number of likely N-dealkylation sites (tertiary alicyclic amines) is 1. The molecule has 0 saturated carbocycles. The zero-order valence-corrected chi connectivity index (χ0v) is 17.4. The highest BCUT2D eigenvalue weighted by atomic mass is 16.5. The molecule has 0 aromatic heterocycles. The van der Waals surface area contributed by atoms with E-state index >= 15 is 0 Å². The monoisotopic (exact) mass is 395 g/mol. The third kappa shape index (κ3) is 5.37. The molecule has 2 aromatic rings. The summed E-state index contributed by atoms with van der Waals surface area (Å²) in [5.41, 5.74) is 1.91. The maximum Gasteiger partial charge on any atom is 0.263 e. The fourth-order valence-electron chi connectivity index (χ4n) is 3.79. The topological polar surface area (TPSA) is 55.8 Å². The number of nitrogens with zero attached hydrogens (tertiary/aromatic N) is 1. The standard InChI is InChI=1S/C24H29NO4/c1-17(26)21-9-10-22(23(16-21)28-3)29-18(2)24(27)25-13-11-20(12-14-25)15-19-7-5-4-6-8-19/h4-10,16,18,20H,11-15H2,1-3H3/t18-/m1/s1. The van der Waals surface area contributed by atoms with Crippen LogP contribution in [0.3, 0.4) is 0 Å². The lowest BCUT2D eigenvalue weighted by atomic mass is 9.90. The third-order valence-electron chi connectivity index (χ3n) is 5.52. The Balaban J connectivity index is 1.55. The molecule has 1 aliphatic heterocycles. The van der Waals surface area contributed by atoms with Crippen molar-refractivity contribution in [3.63, 3.8) is 0 Å². The van der Waals surface area contributed by atoms with Crippen LogP contribution in [0, 0.1) is 5.92 Å². The van der Waals surface area contributed by atoms with Crippen molar-refractivity contribution in [2.45, 2.75) is 39.2 Å². The molecule has 0 radical (unpaired) electrons. The number of ketones is 1. The summed E-state index contributed by atoms with van der Waals surface area (Å²) in [6.07, 6.45) is 2.46. The van der Waals surface area contributed by atoms with Gasteiger partial charge in [0.25, 0.3) is 5.91 Å². The molecule has 2 aromatic carbocycles. The van der Waals surface area contributed by atoms with Crippen LogP contribution in [0.1, 0.15) is 42.6 Å². The van der Waals surface area contributed by atoms with Crippen molar-refractivity contribution in [2.75, 3.05) is 20.2 Å². The van der Waals surface area contributed by atoms with E-state index in [1.54, 1.807) is 25.1 Å². The highest BCUT2D eigenvalue weighted by Gasteiger charge is 2.27. The second kappa shape index (κ2) is 9.59. The van der Waals surface area contributed by atoms with Crippen LogP contribution in [0.2, 0.25) is 0 Å². The molecule has 1 saturated heterocycles. The maximum atomic E-state index is 12.8. The van der Waals surface area contributed by atoms with Crippen LogP contribution in [-0.4, -0.2) is 42.9 Å². The van der Waals surface area contributed by atoms with Crippen molar-refractivity contribution < 1.29 is 19.1 Å². The zero-order chi connectivity index (χ0) is 20.8. The number of carbonyl (C=O) groups excluding carboxylic acids is 2. The number of amides is 1. The highest BCUT2D eigenvalue weighted by Crippen LogP contribution is 2.30. The van der Waals surface area contributed by atoms with Crippen molar-refractivity contribution in [2.24, 2.45) is 5.92 Å². The summed E-state index contributed by atoms with van der Waals surface area (Å²) in [5.74, 6) is 1.48. The molecular weight excluding hydrogens is 366 g/mol. The first-order valence-corrected chi connectivity index (χ1v) is 10.2. The van der Waals surface area contributed by atoms with Crippen LogP contribution in [-0.2, 0) is 11.2 Å². The van der Waals surface area contributed by atoms with Gasteiger partial charge in [0.15, 0.2) is 23.4 Å². The molecule has 1 heterocycles. The SMILES string of the molecule is COc1cc(C(C)=O)ccc1O[C@H](C)C(=O)N1CCC(Cc2ccccc2)CC1. The van der Waals surface area contributed by atoms with E-state index in [-0.39, 0.29) is 11.7 Å². The molecule has 1 aliphatic rings. The lowest BCUT2D eigenvalue weighted by Gasteiger charge is -2.33. The Kier molecular flexibility index (Phi) is 6.91. The summed E-state index contributed by atoms with van der Waals surface area (Å²) in [5, 5.41) is 0. The van der Waals surface area contributed by atoms with Gasteiger partial charge in [-0.2, -0.15) is 0 Å². The van der Waals surface area contributed by atoms with Gasteiger partial charge in [-0.15, -0.1) is 0 Å². The van der Waals surface area contributed by atoms with E-state index in [1.165, 1.54) is 19.6 Å². The van der Waals surface area contributed by atoms with Crippen molar-refractivity contribution >= 4 is 11.7 Å². The van der Waals surface area contributed by atoms with E-state index < -0.39 is 6.10 Å². The number of Topliss-reactive ketones (excluding diaryl/α,β-unsaturated/α-hetero) is 1. The molecule has 29 heavy (non-hydrogen) atoms. The highest BCUT2D eigenvalue weighted by molar-refractivity contribution is 5.94. The van der Waals surface area contributed by atoms with E-state index in [0.717, 1.165) is 32.4 Å². The van der Waals surface area contributed by atoms with Gasteiger partial charge < -0.3 is 14.4 Å². The predicted octanol–water partition coefficient (Wildman–Crippen LogP) is 4.15. The average Bonchev–Trinajstić information content (AvgIpc) is 2.74. The van der Waals surface area contributed by atoms with Crippen LogP contribution in [0.25, 0.3) is 0 Å². The summed E-state index contributed by atoms with van der Waals surface area (Å²) < 4.78 is 11.2. The van der Waals surface area contributed by atoms with Gasteiger partial charge >= 0.3 is 0 Å². The fraction of sp³-hybridized carbons (Fsp3) is 0.417. The van der Waals surface area contributed by atoms with E-state index in [4.69, 9.17) is 9.47 Å². The molecule has 154 valence electrons. The minimum atomic E-state index is -0.613. The second-order valence-corrected chi connectivity index (χ2v) is 7.64. The molecule has 3 rings (SSSR count). The van der Waals surface area contributed by atoms with Crippen molar-refractivity contribution in [1.82, 2.24) is 4.90 Å². The van der Waals surface area contributed by atoms with Gasteiger partial charge in [-0.3, -0.25) is 9.59 Å². The third-order valence-corrected chi connectivity index (χ3v) is 5.52. The molecule has 1 amide bonds. The Morgan fingerprint density at radius 2 is 1.76 bits per heavy atom. The number of methoxy groups -OCH3 is 1. The first-order valence-electron chi connectivity index (χ1n) is 10.2. The molecule has 0 unspecified atom stereocenters. The van der Waals surface area contributed by atoms with Gasteiger partial charge in [0, 0.05) is 18.7 Å². The quantitative estimate of drug-likeness (QED) is 0.661. The minimum Gasteiger partial charge on any atom is -0.493 e. The molecule has 0 spiro atoms. The molecule has 1 fully saturated rings. The lowest BCUT2D eigenvalue weighted by Crippen LogP contribution is -2.45. The Hall–Kier alpha value is -2.82. The average molecular weight is 395 g/mol. The first kappa shape index (κ1) is 20.9. The van der Waals surface area contributed by atoms with Crippen molar-refractivity contribution in [3.05, 3.63) is 59.7 Å². The molecular formula is C24H29NO4. The number of ether oxygens (including phenoxy) is 2. The molecule has 5 nitrogen and oxygen atoms in total. The summed E-state index contributed by atoms with van der Waals surface area (Å²) in [7, 11) is 1.52. The first-order chi connectivity index (χ1) is 14.0. The Labute approximate surface area is 172 Å². The van der Waals surface area contributed by atoms with Gasteiger partial charge in [0.05, 0.1) is 7.11 Å². The van der Waals surface area contributed by atoms with E-state index in [2.05, 4.69) is 24.3 Å². The van der Waals surface area contributed by atoms with E-state index in [9.17, 15) is 9.59 Å². The molecule has 0 N–H and O–H groups in total. The number of hydrogen-bond donors (Lipinski definition) is 0. The van der Waals surface area contributed by atoms with Gasteiger partial charge in [-0.1, -0.05) is 30.3 Å². The van der Waals surface area contributed by atoms with Gasteiger partial charge in [0.1, 0.15) is 0 Å². The Bertz CT molecular complexity index is 841. The second-order valence-electron chi connectivity index (χ2n) is 7.64. The normalized spacial score (nSPS) is 15.6. The molecule has 1 atom stereocenters. The van der Waals surface area contributed by atoms with Crippen LogP contribution in [0.15, 0.2) is 48.5 Å². The minimum absolute atomic E-state index is 0.0131. The van der Waals surface area contributed by atoms with Crippen LogP contribution >= 0.6 is 0 Å². The zero-order valence-electron chi connectivity index (χ0n) is 17.4. The fourth-order valence-corrected chi connectivity index (χ4v) is 3.79. The van der Waals surface area contributed by atoms with Gasteiger partial charge in [0.2, 0.25) is 0 Å². The molecule has 0 bridgehead atoms. The summed E-state index contributed by atoms with van der Waals surface area (Å²) in [6, 6.07) is 15.5. The summed E-state index contributed by atoms with van der Waals surface area (Å²) in [6.45, 7) is 4.77. The maximum absolute atomic E-state index is 12.8.